The molecule has 0 unspecified atom stereocenters. The molecule has 0 N–H and O–H groups in total. The second kappa shape index (κ2) is 12.2. The first-order valence-electron chi connectivity index (χ1n) is 12.0. The van der Waals surface area contributed by atoms with Gasteiger partial charge in [-0.05, 0) is 111 Å². The van der Waals surface area contributed by atoms with E-state index in [0.29, 0.717) is 0 Å². The molecule has 0 saturated carbocycles. The first-order valence-corrected chi connectivity index (χ1v) is 13.6. The van der Waals surface area contributed by atoms with Crippen molar-refractivity contribution in [1.29, 1.82) is 0 Å². The molecule has 9 heteroatoms. The summed E-state index contributed by atoms with van der Waals surface area (Å²) in [5.74, 6) is -4.40. The molecule has 33 heavy (non-hydrogen) atoms. The molecular weight excluding hydrogens is 444 g/mol. The SMILES string of the molecule is CC(C)OC(C)(C)O[Si](OC(C)(C)OC(C)C)(OC(C)(C)OC(C)C)OC(C)(C)OC(C)C. The Labute approximate surface area is 204 Å². The number of rotatable bonds is 16. The summed E-state index contributed by atoms with van der Waals surface area (Å²) < 4.78 is 50.1. The molecule has 0 aliphatic heterocycles. The summed E-state index contributed by atoms with van der Waals surface area (Å²) >= 11 is 0. The maximum atomic E-state index is 6.50. The van der Waals surface area contributed by atoms with Crippen LogP contribution in [-0.4, -0.2) is 56.6 Å². The molecule has 0 spiro atoms. The normalized spacial score (nSPS) is 14.9. The Balaban J connectivity index is 6.58. The topological polar surface area (TPSA) is 73.8 Å². The van der Waals surface area contributed by atoms with Gasteiger partial charge in [-0.3, -0.25) is 0 Å². The van der Waals surface area contributed by atoms with Gasteiger partial charge in [0, 0.05) is 0 Å². The Bertz CT molecular complexity index is 469. The lowest BCUT2D eigenvalue weighted by molar-refractivity contribution is -0.321. The summed E-state index contributed by atoms with van der Waals surface area (Å²) in [4.78, 5) is 0. The zero-order chi connectivity index (χ0) is 26.5. The highest BCUT2D eigenvalue weighted by atomic mass is 28.4. The van der Waals surface area contributed by atoms with E-state index in [4.69, 9.17) is 36.7 Å². The zero-order valence-electron chi connectivity index (χ0n) is 24.1. The number of ether oxygens (including phenoxy) is 4. The summed E-state index contributed by atoms with van der Waals surface area (Å²) in [6.07, 6.45) is -0.420. The lowest BCUT2D eigenvalue weighted by Crippen LogP contribution is -2.65. The highest BCUT2D eigenvalue weighted by molar-refractivity contribution is 6.54. The highest BCUT2D eigenvalue weighted by Gasteiger charge is 2.60. The van der Waals surface area contributed by atoms with E-state index in [0.717, 1.165) is 0 Å². The summed E-state index contributed by atoms with van der Waals surface area (Å²) in [6, 6.07) is 0. The molecule has 0 aliphatic rings. The van der Waals surface area contributed by atoms with Crippen LogP contribution in [-0.2, 0) is 36.7 Å². The molecule has 0 radical (unpaired) electrons. The molecule has 0 amide bonds. The van der Waals surface area contributed by atoms with E-state index < -0.39 is 32.2 Å². The van der Waals surface area contributed by atoms with Crippen LogP contribution in [0.1, 0.15) is 111 Å². The van der Waals surface area contributed by atoms with Crippen LogP contribution in [0.3, 0.4) is 0 Å². The third-order valence-corrected chi connectivity index (χ3v) is 6.53. The van der Waals surface area contributed by atoms with E-state index in [-0.39, 0.29) is 24.4 Å². The molecular formula is C24H52O8Si. The second-order valence-corrected chi connectivity index (χ2v) is 13.0. The highest BCUT2D eigenvalue weighted by Crippen LogP contribution is 2.36. The molecule has 0 aromatic heterocycles. The van der Waals surface area contributed by atoms with E-state index in [1.54, 1.807) is 55.4 Å². The smallest absolute Gasteiger partial charge is 0.349 e. The van der Waals surface area contributed by atoms with Crippen LogP contribution >= 0.6 is 0 Å². The van der Waals surface area contributed by atoms with Gasteiger partial charge in [0.05, 0.1) is 24.4 Å². The maximum Gasteiger partial charge on any atom is 0.688 e. The zero-order valence-corrected chi connectivity index (χ0v) is 25.1. The monoisotopic (exact) mass is 496 g/mol. The van der Waals surface area contributed by atoms with E-state index in [1.165, 1.54) is 0 Å². The van der Waals surface area contributed by atoms with Gasteiger partial charge in [-0.25, -0.2) is 0 Å². The third-order valence-electron chi connectivity index (χ3n) is 3.56. The first kappa shape index (κ1) is 32.9. The molecule has 0 heterocycles. The largest absolute Gasteiger partial charge is 0.688 e. The van der Waals surface area contributed by atoms with Crippen molar-refractivity contribution < 1.29 is 36.7 Å². The van der Waals surface area contributed by atoms with Crippen molar-refractivity contribution in [3.05, 3.63) is 0 Å². The van der Waals surface area contributed by atoms with Crippen LogP contribution in [0.2, 0.25) is 0 Å². The summed E-state index contributed by atoms with van der Waals surface area (Å²) in [5.41, 5.74) is 0. The van der Waals surface area contributed by atoms with Crippen molar-refractivity contribution in [1.82, 2.24) is 0 Å². The van der Waals surface area contributed by atoms with Crippen LogP contribution in [0.25, 0.3) is 0 Å². The molecule has 0 bridgehead atoms. The predicted octanol–water partition coefficient (Wildman–Crippen LogP) is 6.13. The molecule has 0 aromatic rings. The van der Waals surface area contributed by atoms with Crippen molar-refractivity contribution in [2.24, 2.45) is 0 Å². The third kappa shape index (κ3) is 14.8. The standard InChI is InChI=1S/C24H52O8Si/c1-17(2)25-21(9,10)29-33(30-22(11,12)26-18(3)4,31-23(13,14)27-19(5)6)32-24(15,16)28-20(7)8/h17-20H,1-16H3. The molecule has 0 atom stereocenters. The van der Waals surface area contributed by atoms with Crippen LogP contribution in [0.5, 0.6) is 0 Å². The van der Waals surface area contributed by atoms with E-state index in [1.807, 2.05) is 55.4 Å². The van der Waals surface area contributed by atoms with E-state index in [2.05, 4.69) is 0 Å². The van der Waals surface area contributed by atoms with Crippen molar-refractivity contribution in [2.45, 2.75) is 158 Å². The second-order valence-electron chi connectivity index (χ2n) is 11.2. The van der Waals surface area contributed by atoms with Gasteiger partial charge < -0.3 is 36.7 Å². The first-order chi connectivity index (χ1) is 14.5. The molecule has 0 rings (SSSR count). The van der Waals surface area contributed by atoms with Gasteiger partial charge in [0.1, 0.15) is 0 Å². The van der Waals surface area contributed by atoms with E-state index >= 15 is 0 Å². The molecule has 200 valence electrons. The predicted molar refractivity (Wildman–Crippen MR) is 131 cm³/mol. The summed E-state index contributed by atoms with van der Waals surface area (Å²) in [5, 5.41) is 0. The van der Waals surface area contributed by atoms with Crippen molar-refractivity contribution in [2.75, 3.05) is 0 Å². The van der Waals surface area contributed by atoms with Gasteiger partial charge in [-0.15, -0.1) is 0 Å². The molecule has 8 nitrogen and oxygen atoms in total. The van der Waals surface area contributed by atoms with Crippen LogP contribution in [0.15, 0.2) is 0 Å². The maximum absolute atomic E-state index is 6.50. The lowest BCUT2D eigenvalue weighted by Gasteiger charge is -2.46. The van der Waals surface area contributed by atoms with Crippen LogP contribution in [0, 0.1) is 0 Å². The van der Waals surface area contributed by atoms with Gasteiger partial charge in [0.25, 0.3) is 0 Å². The Kier molecular flexibility index (Phi) is 12.2. The summed E-state index contributed by atoms with van der Waals surface area (Å²) in [7, 11) is -4.10. The minimum Gasteiger partial charge on any atom is -0.349 e. The molecule has 0 fully saturated rings. The van der Waals surface area contributed by atoms with Gasteiger partial charge in [-0.1, -0.05) is 0 Å². The Morgan fingerprint density at radius 3 is 0.636 bits per heavy atom. The van der Waals surface area contributed by atoms with Crippen molar-refractivity contribution in [3.63, 3.8) is 0 Å². The van der Waals surface area contributed by atoms with E-state index in [9.17, 15) is 0 Å². The van der Waals surface area contributed by atoms with Crippen molar-refractivity contribution in [3.8, 4) is 0 Å². The molecule has 0 aliphatic carbocycles. The van der Waals surface area contributed by atoms with Crippen molar-refractivity contribution >= 4 is 9.05 Å². The minimum atomic E-state index is -4.10. The average molecular weight is 497 g/mol. The summed E-state index contributed by atoms with van der Waals surface area (Å²) in [6.45, 7) is 29.8. The van der Waals surface area contributed by atoms with Crippen LogP contribution in [0.4, 0.5) is 0 Å². The van der Waals surface area contributed by atoms with Gasteiger partial charge in [-0.2, -0.15) is 0 Å². The Hall–Kier alpha value is -0.103. The average Bonchev–Trinajstić information content (AvgIpc) is 2.36. The Morgan fingerprint density at radius 2 is 0.515 bits per heavy atom. The van der Waals surface area contributed by atoms with Crippen LogP contribution < -0.4 is 0 Å². The fourth-order valence-electron chi connectivity index (χ4n) is 3.70. The lowest BCUT2D eigenvalue weighted by atomic mass is 10.3. The van der Waals surface area contributed by atoms with Gasteiger partial charge >= 0.3 is 9.05 Å². The van der Waals surface area contributed by atoms with Gasteiger partial charge in [0.15, 0.2) is 23.1 Å². The number of hydrogen-bond acceptors (Lipinski definition) is 8. The fraction of sp³-hybridized carbons (Fsp3) is 1.00. The fourth-order valence-corrected chi connectivity index (χ4v) is 6.55. The molecule has 0 saturated heterocycles. The minimum absolute atomic E-state index is 0.105. The Morgan fingerprint density at radius 1 is 0.364 bits per heavy atom. The quantitative estimate of drug-likeness (QED) is 0.186. The van der Waals surface area contributed by atoms with Gasteiger partial charge in [0.2, 0.25) is 0 Å². The number of hydrogen-bond donors (Lipinski definition) is 0. The molecule has 0 aromatic carbocycles.